The molecule has 1 aliphatic heterocycles. The minimum absolute atomic E-state index is 0.393. The number of hydrogen-bond donors (Lipinski definition) is 2. The van der Waals surface area contributed by atoms with Gasteiger partial charge < -0.3 is 9.88 Å². The average molecular weight is 350 g/mol. The third kappa shape index (κ3) is 3.97. The zero-order chi connectivity index (χ0) is 16.9. The second-order valence-corrected chi connectivity index (χ2v) is 6.36. The number of aromatic nitrogens is 4. The lowest BCUT2D eigenvalue weighted by Gasteiger charge is -2.27. The molecule has 0 amide bonds. The Hall–Kier alpha value is -2.29. The van der Waals surface area contributed by atoms with Gasteiger partial charge in [0.25, 0.3) is 6.43 Å². The van der Waals surface area contributed by atoms with Gasteiger partial charge in [-0.25, -0.2) is 23.7 Å². The number of rotatable bonds is 5. The van der Waals surface area contributed by atoms with Crippen molar-refractivity contribution in [3.05, 3.63) is 30.5 Å². The molecule has 9 heteroatoms. The third-order valence-corrected chi connectivity index (χ3v) is 4.46. The van der Waals surface area contributed by atoms with Crippen LogP contribution < -0.4 is 4.90 Å². The van der Waals surface area contributed by atoms with Gasteiger partial charge in [-0.2, -0.15) is 11.8 Å². The molecule has 3 rings (SSSR count). The van der Waals surface area contributed by atoms with Crippen LogP contribution in [0.1, 0.15) is 5.82 Å². The predicted molar refractivity (Wildman–Crippen MR) is 91.9 cm³/mol. The fourth-order valence-electron chi connectivity index (χ4n) is 2.25. The summed E-state index contributed by atoms with van der Waals surface area (Å²) in [6, 6.07) is 1.89. The van der Waals surface area contributed by atoms with E-state index in [1.54, 1.807) is 6.20 Å². The lowest BCUT2D eigenvalue weighted by Crippen LogP contribution is -2.33. The monoisotopic (exact) mass is 350 g/mol. The van der Waals surface area contributed by atoms with Crippen molar-refractivity contribution < 1.29 is 8.78 Å². The number of imidazole rings is 1. The fourth-order valence-corrected chi connectivity index (χ4v) is 3.16. The van der Waals surface area contributed by atoms with Crippen molar-refractivity contribution in [2.75, 3.05) is 29.5 Å². The van der Waals surface area contributed by atoms with Gasteiger partial charge >= 0.3 is 0 Å². The van der Waals surface area contributed by atoms with Gasteiger partial charge in [0.1, 0.15) is 18.0 Å². The zero-order valence-electron chi connectivity index (χ0n) is 12.7. The van der Waals surface area contributed by atoms with Gasteiger partial charge in [0.05, 0.1) is 23.3 Å². The van der Waals surface area contributed by atoms with Crippen LogP contribution >= 0.6 is 11.8 Å². The van der Waals surface area contributed by atoms with Gasteiger partial charge in [-0.15, -0.1) is 0 Å². The molecule has 2 N–H and O–H groups in total. The standard InChI is InChI=1S/C15H16F2N6S/c16-15(17)10(18)1-2-13-19-8-12(22-13)11-7-14(21-9-20-11)23-3-5-24-6-4-23/h1-2,7-9,15,18H,3-6H2,(H,19,22)/b2-1-,18-10?. The van der Waals surface area contributed by atoms with Crippen LogP contribution in [0.4, 0.5) is 14.6 Å². The van der Waals surface area contributed by atoms with Crippen LogP contribution in [-0.2, 0) is 0 Å². The molecule has 0 aromatic carbocycles. The second-order valence-electron chi connectivity index (χ2n) is 5.13. The van der Waals surface area contributed by atoms with E-state index in [1.165, 1.54) is 12.4 Å². The van der Waals surface area contributed by atoms with Gasteiger partial charge in [-0.05, 0) is 12.2 Å². The number of H-pyrrole nitrogens is 1. The molecule has 0 bridgehead atoms. The molecule has 2 aromatic rings. The highest BCUT2D eigenvalue weighted by molar-refractivity contribution is 7.99. The topological polar surface area (TPSA) is 81.6 Å². The summed E-state index contributed by atoms with van der Waals surface area (Å²) >= 11 is 1.93. The Kier molecular flexibility index (Phi) is 5.19. The highest BCUT2D eigenvalue weighted by Gasteiger charge is 2.14. The van der Waals surface area contributed by atoms with Crippen molar-refractivity contribution in [2.45, 2.75) is 6.43 Å². The molecule has 0 radical (unpaired) electrons. The highest BCUT2D eigenvalue weighted by Crippen LogP contribution is 2.21. The SMILES string of the molecule is N=C(/C=C\c1ncc(-c2cc(N3CCSCC3)ncn2)[nH]1)C(F)F. The molecule has 2 aromatic heterocycles. The molecule has 24 heavy (non-hydrogen) atoms. The van der Waals surface area contributed by atoms with E-state index in [0.717, 1.165) is 36.5 Å². The molecule has 0 saturated carbocycles. The Morgan fingerprint density at radius 1 is 1.29 bits per heavy atom. The van der Waals surface area contributed by atoms with Crippen LogP contribution in [0, 0.1) is 5.41 Å². The molecular formula is C15H16F2N6S. The number of thioether (sulfide) groups is 1. The minimum Gasteiger partial charge on any atom is -0.355 e. The first-order valence-corrected chi connectivity index (χ1v) is 8.54. The minimum atomic E-state index is -2.79. The van der Waals surface area contributed by atoms with Gasteiger partial charge in [-0.1, -0.05) is 0 Å². The number of halogens is 2. The molecule has 6 nitrogen and oxygen atoms in total. The van der Waals surface area contributed by atoms with Gasteiger partial charge in [0.2, 0.25) is 0 Å². The maximum Gasteiger partial charge on any atom is 0.279 e. The molecule has 0 spiro atoms. The molecule has 126 valence electrons. The van der Waals surface area contributed by atoms with E-state index in [2.05, 4.69) is 24.8 Å². The van der Waals surface area contributed by atoms with Gasteiger partial charge in [0, 0.05) is 30.7 Å². The first-order valence-electron chi connectivity index (χ1n) is 7.38. The average Bonchev–Trinajstić information content (AvgIpc) is 3.09. The van der Waals surface area contributed by atoms with Crippen molar-refractivity contribution in [3.8, 4) is 11.4 Å². The second kappa shape index (κ2) is 7.52. The Morgan fingerprint density at radius 2 is 2.08 bits per heavy atom. The predicted octanol–water partition coefficient (Wildman–Crippen LogP) is 2.72. The molecule has 0 aliphatic carbocycles. The fraction of sp³-hybridized carbons (Fsp3) is 0.333. The Morgan fingerprint density at radius 3 is 2.83 bits per heavy atom. The molecule has 3 heterocycles. The van der Waals surface area contributed by atoms with Crippen LogP contribution in [0.15, 0.2) is 24.7 Å². The summed E-state index contributed by atoms with van der Waals surface area (Å²) in [5.74, 6) is 3.42. The van der Waals surface area contributed by atoms with E-state index in [9.17, 15) is 8.78 Å². The summed E-state index contributed by atoms with van der Waals surface area (Å²) in [4.78, 5) is 17.9. The molecule has 0 atom stereocenters. The van der Waals surface area contributed by atoms with Crippen molar-refractivity contribution >= 4 is 29.4 Å². The Labute approximate surface area is 141 Å². The van der Waals surface area contributed by atoms with E-state index >= 15 is 0 Å². The zero-order valence-corrected chi connectivity index (χ0v) is 13.6. The van der Waals surface area contributed by atoms with Gasteiger partial charge in [-0.3, -0.25) is 5.41 Å². The van der Waals surface area contributed by atoms with Crippen LogP contribution in [0.3, 0.4) is 0 Å². The molecular weight excluding hydrogens is 334 g/mol. The molecule has 1 saturated heterocycles. The van der Waals surface area contributed by atoms with Crippen LogP contribution in [-0.4, -0.2) is 56.7 Å². The number of alkyl halides is 2. The summed E-state index contributed by atoms with van der Waals surface area (Å²) in [5.41, 5.74) is 0.614. The van der Waals surface area contributed by atoms with Crippen molar-refractivity contribution in [3.63, 3.8) is 0 Å². The number of allylic oxidation sites excluding steroid dienone is 1. The van der Waals surface area contributed by atoms with E-state index in [0.29, 0.717) is 17.2 Å². The highest BCUT2D eigenvalue weighted by atomic mass is 32.2. The van der Waals surface area contributed by atoms with Crippen molar-refractivity contribution in [1.29, 1.82) is 5.41 Å². The van der Waals surface area contributed by atoms with Gasteiger partial charge in [0.15, 0.2) is 0 Å². The molecule has 0 unspecified atom stereocenters. The number of hydrogen-bond acceptors (Lipinski definition) is 6. The summed E-state index contributed by atoms with van der Waals surface area (Å²) < 4.78 is 24.6. The maximum atomic E-state index is 12.3. The van der Waals surface area contributed by atoms with E-state index < -0.39 is 12.1 Å². The lowest BCUT2D eigenvalue weighted by molar-refractivity contribution is 0.226. The smallest absolute Gasteiger partial charge is 0.279 e. The van der Waals surface area contributed by atoms with Crippen molar-refractivity contribution in [2.24, 2.45) is 0 Å². The van der Waals surface area contributed by atoms with E-state index in [1.807, 2.05) is 17.8 Å². The Balaban J connectivity index is 1.76. The van der Waals surface area contributed by atoms with E-state index in [4.69, 9.17) is 5.41 Å². The van der Waals surface area contributed by atoms with Crippen LogP contribution in [0.2, 0.25) is 0 Å². The summed E-state index contributed by atoms with van der Waals surface area (Å²) in [5, 5.41) is 7.10. The quantitative estimate of drug-likeness (QED) is 0.811. The summed E-state index contributed by atoms with van der Waals surface area (Å²) in [6.07, 6.45) is 2.69. The summed E-state index contributed by atoms with van der Waals surface area (Å²) in [7, 11) is 0. The molecule has 1 fully saturated rings. The van der Waals surface area contributed by atoms with Crippen molar-refractivity contribution in [1.82, 2.24) is 19.9 Å². The number of nitrogens with one attached hydrogen (secondary N) is 2. The third-order valence-electron chi connectivity index (χ3n) is 3.52. The number of aromatic amines is 1. The lowest BCUT2D eigenvalue weighted by atomic mass is 10.3. The largest absolute Gasteiger partial charge is 0.355 e. The Bertz CT molecular complexity index is 739. The first kappa shape index (κ1) is 16.6. The number of anilines is 1. The first-order chi connectivity index (χ1) is 11.6. The number of nitrogens with zero attached hydrogens (tertiary/aromatic N) is 4. The van der Waals surface area contributed by atoms with Crippen LogP contribution in [0.25, 0.3) is 17.5 Å². The maximum absolute atomic E-state index is 12.3. The van der Waals surface area contributed by atoms with E-state index in [-0.39, 0.29) is 0 Å². The van der Waals surface area contributed by atoms with Crippen LogP contribution in [0.5, 0.6) is 0 Å². The summed E-state index contributed by atoms with van der Waals surface area (Å²) in [6.45, 7) is 1.90. The molecule has 1 aliphatic rings. The normalized spacial score (nSPS) is 15.4.